The molecule has 5 rings (SSSR count). The molecule has 3 aliphatic rings. The number of carboxylic acid groups (broad SMARTS) is 1. The summed E-state index contributed by atoms with van der Waals surface area (Å²) in [6.45, 7) is 0.776. The Hall–Kier alpha value is -3.61. The van der Waals surface area contributed by atoms with E-state index in [1.165, 1.54) is 0 Å². The largest absolute Gasteiger partial charge is 0.478 e. The van der Waals surface area contributed by atoms with Gasteiger partial charge in [0.05, 0.1) is 0 Å². The number of rotatable bonds is 5. The van der Waals surface area contributed by atoms with Crippen LogP contribution in [-0.2, 0) is 14.3 Å². The highest BCUT2D eigenvalue weighted by Gasteiger charge is 2.53. The van der Waals surface area contributed by atoms with E-state index in [1.807, 2.05) is 24.3 Å². The van der Waals surface area contributed by atoms with Crippen LogP contribution < -0.4 is 5.32 Å². The van der Waals surface area contributed by atoms with Gasteiger partial charge < -0.3 is 20.1 Å². The molecular weight excluding hydrogens is 408 g/mol. The highest BCUT2D eigenvalue weighted by atomic mass is 16.5. The summed E-state index contributed by atoms with van der Waals surface area (Å²) >= 11 is 0. The number of carbonyl (C=O) groups excluding carboxylic acids is 2. The number of nitrogens with one attached hydrogen (secondary N) is 1. The number of alkyl carbamates (subject to hydrolysis) is 1. The molecule has 2 amide bonds. The van der Waals surface area contributed by atoms with Gasteiger partial charge in [-0.1, -0.05) is 54.6 Å². The second-order valence-electron chi connectivity index (χ2n) is 8.57. The number of hydrogen-bond donors (Lipinski definition) is 2. The third kappa shape index (κ3) is 3.53. The molecule has 7 nitrogen and oxygen atoms in total. The van der Waals surface area contributed by atoms with Crippen LogP contribution in [0.25, 0.3) is 11.1 Å². The van der Waals surface area contributed by atoms with Crippen LogP contribution in [0.5, 0.6) is 0 Å². The zero-order valence-electron chi connectivity index (χ0n) is 17.5. The molecule has 0 aromatic heterocycles. The molecule has 1 fully saturated rings. The van der Waals surface area contributed by atoms with E-state index in [0.717, 1.165) is 22.3 Å². The molecule has 0 atom stereocenters. The summed E-state index contributed by atoms with van der Waals surface area (Å²) in [4.78, 5) is 38.3. The van der Waals surface area contributed by atoms with E-state index in [0.29, 0.717) is 31.4 Å². The molecule has 1 heterocycles. The molecule has 32 heavy (non-hydrogen) atoms. The van der Waals surface area contributed by atoms with Gasteiger partial charge in [0.1, 0.15) is 12.1 Å². The van der Waals surface area contributed by atoms with Crippen LogP contribution in [0.15, 0.2) is 60.2 Å². The van der Waals surface area contributed by atoms with Crippen LogP contribution in [0.3, 0.4) is 0 Å². The molecular formula is C25H24N2O5. The van der Waals surface area contributed by atoms with Crippen LogP contribution in [0, 0.1) is 0 Å². The van der Waals surface area contributed by atoms with E-state index in [2.05, 4.69) is 29.6 Å². The number of carboxylic acids is 1. The van der Waals surface area contributed by atoms with Crippen LogP contribution in [0.2, 0.25) is 0 Å². The lowest BCUT2D eigenvalue weighted by Crippen LogP contribution is -2.52. The van der Waals surface area contributed by atoms with Crippen molar-refractivity contribution in [2.45, 2.75) is 30.7 Å². The summed E-state index contributed by atoms with van der Waals surface area (Å²) in [7, 11) is 0. The lowest BCUT2D eigenvalue weighted by molar-refractivity contribution is -0.136. The van der Waals surface area contributed by atoms with Gasteiger partial charge in [0.15, 0.2) is 0 Å². The summed E-state index contributed by atoms with van der Waals surface area (Å²) in [5.41, 5.74) is 3.97. The minimum atomic E-state index is -0.949. The maximum Gasteiger partial charge on any atom is 0.408 e. The van der Waals surface area contributed by atoms with Crippen molar-refractivity contribution in [3.8, 4) is 11.1 Å². The summed E-state index contributed by atoms with van der Waals surface area (Å²) in [5, 5.41) is 11.9. The van der Waals surface area contributed by atoms with Gasteiger partial charge >= 0.3 is 12.1 Å². The Kier molecular flexibility index (Phi) is 4.96. The van der Waals surface area contributed by atoms with Crippen molar-refractivity contribution in [3.05, 3.63) is 71.3 Å². The molecule has 164 valence electrons. The van der Waals surface area contributed by atoms with Gasteiger partial charge in [-0.15, -0.1) is 0 Å². The van der Waals surface area contributed by atoms with Crippen molar-refractivity contribution in [1.82, 2.24) is 10.2 Å². The van der Waals surface area contributed by atoms with Gasteiger partial charge in [-0.05, 0) is 41.5 Å². The summed E-state index contributed by atoms with van der Waals surface area (Å²) in [5.74, 6) is -1.16. The minimum absolute atomic E-state index is 0.0410. The molecule has 2 aliphatic carbocycles. The van der Waals surface area contributed by atoms with Gasteiger partial charge in [-0.25, -0.2) is 9.59 Å². The minimum Gasteiger partial charge on any atom is -0.478 e. The Labute approximate surface area is 185 Å². The second-order valence-corrected chi connectivity index (χ2v) is 8.57. The van der Waals surface area contributed by atoms with Crippen molar-refractivity contribution < 1.29 is 24.2 Å². The van der Waals surface area contributed by atoms with Crippen molar-refractivity contribution in [3.63, 3.8) is 0 Å². The molecule has 1 saturated carbocycles. The fourth-order valence-corrected chi connectivity index (χ4v) is 4.70. The maximum absolute atomic E-state index is 13.0. The number of carbonyl (C=O) groups is 3. The number of aliphatic carboxylic acids is 1. The highest BCUT2D eigenvalue weighted by Crippen LogP contribution is 2.44. The first-order valence-electron chi connectivity index (χ1n) is 10.8. The monoisotopic (exact) mass is 432 g/mol. The zero-order chi connectivity index (χ0) is 22.3. The van der Waals surface area contributed by atoms with Crippen molar-refractivity contribution in [2.24, 2.45) is 0 Å². The van der Waals surface area contributed by atoms with Gasteiger partial charge in [0, 0.05) is 24.6 Å². The predicted molar refractivity (Wildman–Crippen MR) is 117 cm³/mol. The molecule has 2 N–H and O–H groups in total. The van der Waals surface area contributed by atoms with Gasteiger partial charge in [-0.3, -0.25) is 4.79 Å². The van der Waals surface area contributed by atoms with Gasteiger partial charge in [0.2, 0.25) is 5.91 Å². The molecule has 0 spiro atoms. The Morgan fingerprint density at radius 2 is 1.66 bits per heavy atom. The number of fused-ring (bicyclic) bond motifs is 3. The highest BCUT2D eigenvalue weighted by molar-refractivity contribution is 5.94. The smallest absolute Gasteiger partial charge is 0.408 e. The predicted octanol–water partition coefficient (Wildman–Crippen LogP) is 3.30. The number of nitrogens with zero attached hydrogens (tertiary/aromatic N) is 1. The number of hydrogen-bond acceptors (Lipinski definition) is 4. The Bertz CT molecular complexity index is 1090. The summed E-state index contributed by atoms with van der Waals surface area (Å²) < 4.78 is 5.59. The van der Waals surface area contributed by atoms with Crippen molar-refractivity contribution >= 4 is 18.0 Å². The second kappa shape index (κ2) is 7.82. The number of ether oxygens (including phenoxy) is 1. The third-order valence-corrected chi connectivity index (χ3v) is 6.62. The lowest BCUT2D eigenvalue weighted by Gasteiger charge is -2.29. The summed E-state index contributed by atoms with van der Waals surface area (Å²) in [6, 6.07) is 16.2. The molecule has 0 bridgehead atoms. The van der Waals surface area contributed by atoms with E-state index in [1.54, 1.807) is 11.0 Å². The number of amides is 2. The van der Waals surface area contributed by atoms with E-state index in [-0.39, 0.29) is 25.0 Å². The SMILES string of the molecule is O=C(NC1(C(=O)N2CC=C(C(=O)O)CC2)CC1)OCC1c2ccccc2-c2ccccc21. The summed E-state index contributed by atoms with van der Waals surface area (Å²) in [6.07, 6.45) is 2.38. The van der Waals surface area contributed by atoms with Gasteiger partial charge in [-0.2, -0.15) is 0 Å². The van der Waals surface area contributed by atoms with Crippen LogP contribution in [0.4, 0.5) is 4.79 Å². The van der Waals surface area contributed by atoms with E-state index in [9.17, 15) is 14.4 Å². The lowest BCUT2D eigenvalue weighted by atomic mass is 9.98. The van der Waals surface area contributed by atoms with E-state index in [4.69, 9.17) is 9.84 Å². The average Bonchev–Trinajstić information content (AvgIpc) is 3.52. The average molecular weight is 432 g/mol. The number of benzene rings is 2. The Balaban J connectivity index is 1.22. The molecule has 1 aliphatic heterocycles. The molecule has 7 heteroatoms. The quantitative estimate of drug-likeness (QED) is 0.756. The van der Waals surface area contributed by atoms with Crippen LogP contribution >= 0.6 is 0 Å². The maximum atomic E-state index is 13.0. The van der Waals surface area contributed by atoms with E-state index >= 15 is 0 Å². The van der Waals surface area contributed by atoms with Gasteiger partial charge in [0.25, 0.3) is 0 Å². The first kappa shape index (κ1) is 20.3. The first-order chi connectivity index (χ1) is 15.5. The van der Waals surface area contributed by atoms with E-state index < -0.39 is 17.6 Å². The standard InChI is InChI=1S/C25H24N2O5/c28-22(29)16-9-13-27(14-10-16)23(30)25(11-12-25)26-24(31)32-15-21-19-7-3-1-5-17(19)18-6-2-4-8-20(18)21/h1-9,21H,10-15H2,(H,26,31)(H,28,29). The normalized spacial score (nSPS) is 18.2. The molecule has 0 radical (unpaired) electrons. The zero-order valence-corrected chi connectivity index (χ0v) is 17.5. The van der Waals surface area contributed by atoms with Crippen molar-refractivity contribution in [1.29, 1.82) is 0 Å². The molecule has 0 unspecified atom stereocenters. The van der Waals surface area contributed by atoms with Crippen LogP contribution in [-0.4, -0.2) is 53.2 Å². The Morgan fingerprint density at radius 1 is 1.03 bits per heavy atom. The first-order valence-corrected chi connectivity index (χ1v) is 10.8. The van der Waals surface area contributed by atoms with Crippen molar-refractivity contribution in [2.75, 3.05) is 19.7 Å². The molecule has 2 aromatic rings. The third-order valence-electron chi connectivity index (χ3n) is 6.62. The topological polar surface area (TPSA) is 95.9 Å². The fraction of sp³-hybridized carbons (Fsp3) is 0.320. The fourth-order valence-electron chi connectivity index (χ4n) is 4.70. The molecule has 0 saturated heterocycles. The van der Waals surface area contributed by atoms with Crippen LogP contribution in [0.1, 0.15) is 36.3 Å². The molecule has 2 aromatic carbocycles. The Morgan fingerprint density at radius 3 is 2.19 bits per heavy atom.